The van der Waals surface area contributed by atoms with Crippen LogP contribution in [0.5, 0.6) is 11.5 Å². The number of carbonyl (C=O) groups excluding carboxylic acids is 3. The van der Waals surface area contributed by atoms with Crippen molar-refractivity contribution in [3.8, 4) is 11.5 Å². The molecule has 0 radical (unpaired) electrons. The lowest BCUT2D eigenvalue weighted by molar-refractivity contribution is -0.174. The van der Waals surface area contributed by atoms with Crippen LogP contribution in [0.15, 0.2) is 54.7 Å². The number of rotatable bonds is 14. The van der Waals surface area contributed by atoms with E-state index >= 15 is 0 Å². The number of fused-ring (bicyclic) bond motifs is 3. The Morgan fingerprint density at radius 2 is 1.82 bits per heavy atom. The molecule has 302 valence electrons. The van der Waals surface area contributed by atoms with E-state index in [-0.39, 0.29) is 47.7 Å². The van der Waals surface area contributed by atoms with Gasteiger partial charge in [0.25, 0.3) is 0 Å². The quantitative estimate of drug-likeness (QED) is 0.128. The summed E-state index contributed by atoms with van der Waals surface area (Å²) in [5, 5.41) is 0.125. The second-order valence-electron chi connectivity index (χ2n) is 15.9. The first-order chi connectivity index (χ1) is 26.7. The summed E-state index contributed by atoms with van der Waals surface area (Å²) in [4.78, 5) is 43.6. The van der Waals surface area contributed by atoms with Crippen molar-refractivity contribution in [2.75, 3.05) is 25.2 Å². The molecule has 2 amide bonds. The summed E-state index contributed by atoms with van der Waals surface area (Å²) in [6.07, 6.45) is 3.13. The van der Waals surface area contributed by atoms with Crippen LogP contribution in [0, 0.1) is 11.8 Å². The van der Waals surface area contributed by atoms with Gasteiger partial charge in [-0.1, -0.05) is 37.6 Å². The van der Waals surface area contributed by atoms with E-state index in [9.17, 15) is 27.6 Å². The molecule has 1 saturated carbocycles. The van der Waals surface area contributed by atoms with Gasteiger partial charge in [-0.3, -0.25) is 19.5 Å². The van der Waals surface area contributed by atoms with Gasteiger partial charge in [-0.05, 0) is 141 Å². The van der Waals surface area contributed by atoms with Crippen molar-refractivity contribution in [3.05, 3.63) is 82.1 Å². The van der Waals surface area contributed by atoms with Gasteiger partial charge in [0.05, 0.1) is 20.3 Å². The number of alkyl halides is 3. The van der Waals surface area contributed by atoms with E-state index in [0.717, 1.165) is 61.8 Å². The Morgan fingerprint density at radius 3 is 2.52 bits per heavy atom. The molecule has 6 rings (SSSR count). The number of hydrogen-bond acceptors (Lipinski definition) is 7. The van der Waals surface area contributed by atoms with Crippen LogP contribution in [0.3, 0.4) is 0 Å². The second kappa shape index (κ2) is 17.0. The highest BCUT2D eigenvalue weighted by Crippen LogP contribution is 2.58. The summed E-state index contributed by atoms with van der Waals surface area (Å²) in [6.45, 7) is 5.22. The minimum absolute atomic E-state index is 0.0563. The summed E-state index contributed by atoms with van der Waals surface area (Å²) in [5.74, 6) is -1.40. The molecule has 0 aliphatic heterocycles. The first-order valence-corrected chi connectivity index (χ1v) is 20.0. The molecule has 2 aromatic carbocycles. The van der Waals surface area contributed by atoms with Crippen molar-refractivity contribution in [1.29, 1.82) is 0 Å². The number of hydrogen-bond donors (Lipinski definition) is 1. The molecule has 3 aromatic rings. The standard InChI is InChI=1S/C43H51ClF3N3O6/c1-27(26-56-36-15-20-49-35-11-6-8-28(2)38(35)36)22-30-23-29-13-14-33(55-21-5-4-12-37(48)51)25-34(29)41(30)16-18-42(19-17-41,40(53)54-3)50(39(52)43(45,46)47)32-10-7-9-31(44)24-32/h7,9-10,13-15,20,24-25,27-28,30H,4-6,8,11-12,16-19,21-23,26H2,1-3H3,(H2,48,51)/t27-,28-,30+,41?,42?/m1/s1. The molecule has 3 aliphatic rings. The maximum Gasteiger partial charge on any atom is 0.471 e. The Morgan fingerprint density at radius 1 is 1.05 bits per heavy atom. The van der Waals surface area contributed by atoms with Crippen LogP contribution >= 0.6 is 11.6 Å². The first-order valence-electron chi connectivity index (χ1n) is 19.6. The molecule has 1 fully saturated rings. The van der Waals surface area contributed by atoms with Gasteiger partial charge >= 0.3 is 18.1 Å². The second-order valence-corrected chi connectivity index (χ2v) is 16.3. The number of anilines is 1. The molecule has 56 heavy (non-hydrogen) atoms. The van der Waals surface area contributed by atoms with Gasteiger partial charge in [0.2, 0.25) is 5.91 Å². The van der Waals surface area contributed by atoms with E-state index < -0.39 is 29.0 Å². The molecule has 1 heterocycles. The summed E-state index contributed by atoms with van der Waals surface area (Å²) in [6, 6.07) is 13.5. The Kier molecular flexibility index (Phi) is 12.6. The topological polar surface area (TPSA) is 121 Å². The number of pyridine rings is 1. The number of halogens is 4. The zero-order valence-corrected chi connectivity index (χ0v) is 33.0. The maximum absolute atomic E-state index is 14.4. The number of esters is 1. The number of unbranched alkanes of at least 4 members (excludes halogenated alkanes) is 1. The molecule has 0 saturated heterocycles. The predicted octanol–water partition coefficient (Wildman–Crippen LogP) is 8.81. The van der Waals surface area contributed by atoms with Crippen LogP contribution in [0.4, 0.5) is 18.9 Å². The SMILES string of the molecule is COC(=O)C1(N(C(=O)C(F)(F)F)c2cccc(Cl)c2)CCC2(CC1)c1cc(OCCCCC(N)=O)ccc1C[C@@H]2C[C@@H](C)COc1ccnc2c1[C@H](C)CCC2. The summed E-state index contributed by atoms with van der Waals surface area (Å²) < 4.78 is 61.0. The number of methoxy groups -OCH3 is 1. The summed E-state index contributed by atoms with van der Waals surface area (Å²) in [7, 11) is 1.13. The molecular formula is C43H51ClF3N3O6. The Bertz CT molecular complexity index is 1910. The third kappa shape index (κ3) is 8.50. The van der Waals surface area contributed by atoms with Gasteiger partial charge < -0.3 is 19.9 Å². The number of carbonyl (C=O) groups is 3. The Labute approximate surface area is 331 Å². The van der Waals surface area contributed by atoms with Gasteiger partial charge in [-0.15, -0.1) is 0 Å². The molecule has 3 atom stereocenters. The number of primary amides is 1. The lowest BCUT2D eigenvalue weighted by Crippen LogP contribution is -2.63. The number of aromatic nitrogens is 1. The number of aryl methyl sites for hydroxylation is 1. The molecule has 2 N–H and O–H groups in total. The van der Waals surface area contributed by atoms with Crippen LogP contribution in [0.1, 0.15) is 106 Å². The van der Waals surface area contributed by atoms with Gasteiger partial charge in [-0.2, -0.15) is 13.2 Å². The number of benzene rings is 2. The number of ether oxygens (including phenoxy) is 3. The highest BCUT2D eigenvalue weighted by Gasteiger charge is 2.60. The zero-order chi connectivity index (χ0) is 40.3. The average Bonchev–Trinajstić information content (AvgIpc) is 3.45. The largest absolute Gasteiger partial charge is 0.494 e. The van der Waals surface area contributed by atoms with Crippen molar-refractivity contribution < 1.29 is 41.8 Å². The highest BCUT2D eigenvalue weighted by molar-refractivity contribution is 6.31. The van der Waals surface area contributed by atoms with Crippen molar-refractivity contribution >= 4 is 35.1 Å². The van der Waals surface area contributed by atoms with E-state index in [1.807, 2.05) is 24.4 Å². The van der Waals surface area contributed by atoms with Crippen molar-refractivity contribution in [3.63, 3.8) is 0 Å². The minimum atomic E-state index is -5.27. The van der Waals surface area contributed by atoms with Gasteiger partial charge in [0, 0.05) is 34.6 Å². The molecule has 3 aliphatic carbocycles. The van der Waals surface area contributed by atoms with E-state index in [2.05, 4.69) is 24.9 Å². The molecule has 0 unspecified atom stereocenters. The van der Waals surface area contributed by atoms with Gasteiger partial charge in [0.15, 0.2) is 0 Å². The monoisotopic (exact) mass is 797 g/mol. The average molecular weight is 798 g/mol. The molecule has 13 heteroatoms. The summed E-state index contributed by atoms with van der Waals surface area (Å²) in [5.41, 5.74) is 7.11. The van der Waals surface area contributed by atoms with E-state index in [1.165, 1.54) is 29.8 Å². The van der Waals surface area contributed by atoms with Crippen LogP contribution < -0.4 is 20.1 Å². The predicted molar refractivity (Wildman–Crippen MR) is 207 cm³/mol. The fraction of sp³-hybridized carbons (Fsp3) is 0.535. The fourth-order valence-electron chi connectivity index (χ4n) is 9.52. The molecule has 1 spiro atoms. The smallest absolute Gasteiger partial charge is 0.471 e. The van der Waals surface area contributed by atoms with Crippen molar-refractivity contribution in [1.82, 2.24) is 4.98 Å². The zero-order valence-electron chi connectivity index (χ0n) is 32.3. The lowest BCUT2D eigenvalue weighted by atomic mass is 9.59. The Balaban J connectivity index is 1.31. The normalized spacial score (nSPS) is 23.5. The van der Waals surface area contributed by atoms with Crippen LogP contribution in [0.25, 0.3) is 0 Å². The van der Waals surface area contributed by atoms with Gasteiger partial charge in [-0.25, -0.2) is 4.79 Å². The number of nitrogens with two attached hydrogens (primary N) is 1. The van der Waals surface area contributed by atoms with Crippen LogP contribution in [-0.2, 0) is 37.4 Å². The van der Waals surface area contributed by atoms with E-state index in [1.54, 1.807) is 0 Å². The maximum atomic E-state index is 14.4. The highest BCUT2D eigenvalue weighted by atomic mass is 35.5. The van der Waals surface area contributed by atoms with Crippen LogP contribution in [0.2, 0.25) is 5.02 Å². The summed E-state index contributed by atoms with van der Waals surface area (Å²) >= 11 is 6.24. The van der Waals surface area contributed by atoms with Gasteiger partial charge in [0.1, 0.15) is 17.0 Å². The molecule has 1 aromatic heterocycles. The molecular weight excluding hydrogens is 747 g/mol. The number of amides is 2. The number of nitrogens with zero attached hydrogens (tertiary/aromatic N) is 2. The minimum Gasteiger partial charge on any atom is -0.494 e. The van der Waals surface area contributed by atoms with Crippen molar-refractivity contribution in [2.45, 2.75) is 114 Å². The van der Waals surface area contributed by atoms with Crippen LogP contribution in [-0.4, -0.2) is 54.8 Å². The van der Waals surface area contributed by atoms with Crippen molar-refractivity contribution in [2.24, 2.45) is 17.6 Å². The van der Waals surface area contributed by atoms with E-state index in [0.29, 0.717) is 55.5 Å². The van der Waals surface area contributed by atoms with E-state index in [4.69, 9.17) is 31.5 Å². The lowest BCUT2D eigenvalue weighted by Gasteiger charge is -2.51. The third-order valence-electron chi connectivity index (χ3n) is 12.2. The molecule has 9 nitrogen and oxygen atoms in total. The Hall–Kier alpha value is -4.32. The first kappa shape index (κ1) is 41.3. The molecule has 0 bridgehead atoms. The fourth-order valence-corrected chi connectivity index (χ4v) is 9.70. The third-order valence-corrected chi connectivity index (χ3v) is 12.4.